The van der Waals surface area contributed by atoms with Crippen molar-refractivity contribution in [3.05, 3.63) is 35.9 Å². The molecule has 1 aromatic carbocycles. The van der Waals surface area contributed by atoms with Gasteiger partial charge in [0, 0.05) is 18.0 Å². The van der Waals surface area contributed by atoms with E-state index in [1.165, 1.54) is 0 Å². The number of rotatable bonds is 6. The van der Waals surface area contributed by atoms with Crippen molar-refractivity contribution in [1.29, 1.82) is 0 Å². The minimum atomic E-state index is -0.0635. The number of anilines is 1. The number of halogens is 1. The molecule has 0 aliphatic rings. The maximum absolute atomic E-state index is 11.3. The van der Waals surface area contributed by atoms with Crippen molar-refractivity contribution >= 4 is 29.3 Å². The zero-order valence-electron chi connectivity index (χ0n) is 9.66. The number of alkyl halides is 1. The molecule has 0 aliphatic heterocycles. The highest BCUT2D eigenvalue weighted by Gasteiger charge is 2.00. The van der Waals surface area contributed by atoms with Crippen LogP contribution in [0.15, 0.2) is 30.3 Å². The summed E-state index contributed by atoms with van der Waals surface area (Å²) in [5, 5.41) is 2.77. The van der Waals surface area contributed by atoms with Gasteiger partial charge in [-0.15, -0.1) is 11.6 Å². The van der Waals surface area contributed by atoms with Gasteiger partial charge in [-0.3, -0.25) is 4.79 Å². The van der Waals surface area contributed by atoms with E-state index in [0.717, 1.165) is 17.7 Å². The monoisotopic (exact) mass is 252 g/mol. The molecule has 3 N–H and O–H groups in total. The summed E-state index contributed by atoms with van der Waals surface area (Å²) in [6.07, 6.45) is 5.24. The molecule has 0 unspecified atom stereocenters. The van der Waals surface area contributed by atoms with E-state index in [2.05, 4.69) is 5.32 Å². The maximum atomic E-state index is 11.3. The van der Waals surface area contributed by atoms with Crippen LogP contribution in [-0.4, -0.2) is 18.3 Å². The summed E-state index contributed by atoms with van der Waals surface area (Å²) in [6.45, 7) is 0.656. The van der Waals surface area contributed by atoms with Gasteiger partial charge in [0.25, 0.3) is 0 Å². The number of carbonyl (C=O) groups is 1. The number of benzene rings is 1. The van der Waals surface area contributed by atoms with Crippen molar-refractivity contribution < 1.29 is 4.79 Å². The minimum Gasteiger partial charge on any atom is -0.330 e. The molecule has 17 heavy (non-hydrogen) atoms. The second-order valence-corrected chi connectivity index (χ2v) is 3.97. The summed E-state index contributed by atoms with van der Waals surface area (Å²) in [5.41, 5.74) is 7.27. The molecule has 4 heteroatoms. The fraction of sp³-hybridized carbons (Fsp3) is 0.308. The predicted octanol–water partition coefficient (Wildman–Crippen LogP) is 2.62. The smallest absolute Gasteiger partial charge is 0.225 e. The van der Waals surface area contributed by atoms with E-state index in [1.54, 1.807) is 0 Å². The Bertz CT molecular complexity index is 374. The Morgan fingerprint density at radius 3 is 2.65 bits per heavy atom. The van der Waals surface area contributed by atoms with Gasteiger partial charge in [0.05, 0.1) is 0 Å². The maximum Gasteiger partial charge on any atom is 0.225 e. The highest BCUT2D eigenvalue weighted by Crippen LogP contribution is 2.11. The Kier molecular flexibility index (Phi) is 6.37. The molecule has 0 bridgehead atoms. The first-order valence-corrected chi connectivity index (χ1v) is 6.12. The number of carbonyl (C=O) groups excluding carboxylic acids is 1. The van der Waals surface area contributed by atoms with E-state index in [-0.39, 0.29) is 5.91 Å². The predicted molar refractivity (Wildman–Crippen MR) is 73.1 cm³/mol. The van der Waals surface area contributed by atoms with Crippen LogP contribution in [0.5, 0.6) is 0 Å². The molecule has 0 aromatic heterocycles. The van der Waals surface area contributed by atoms with Gasteiger partial charge in [-0.1, -0.05) is 24.3 Å². The van der Waals surface area contributed by atoms with Gasteiger partial charge in [0.15, 0.2) is 0 Å². The Balaban J connectivity index is 2.52. The molecular formula is C13H17ClN2O. The number of nitrogens with two attached hydrogens (primary N) is 1. The van der Waals surface area contributed by atoms with Crippen LogP contribution in [0.1, 0.15) is 18.4 Å². The summed E-state index contributed by atoms with van der Waals surface area (Å²) in [7, 11) is 0. The van der Waals surface area contributed by atoms with Crippen LogP contribution < -0.4 is 11.1 Å². The molecule has 0 saturated heterocycles. The zero-order chi connectivity index (χ0) is 12.5. The lowest BCUT2D eigenvalue weighted by Crippen LogP contribution is -2.11. The van der Waals surface area contributed by atoms with Crippen molar-refractivity contribution in [2.75, 3.05) is 17.7 Å². The molecular weight excluding hydrogens is 236 g/mol. The standard InChI is InChI=1S/C13H17ClN2O/c14-9-8-13(17)16-12-6-4-11(5-7-12)3-1-2-10-15/h1,3-7H,2,8-10,15H2,(H,16,17). The molecule has 0 saturated carbocycles. The second kappa shape index (κ2) is 7.87. The normalized spacial score (nSPS) is 10.7. The Morgan fingerprint density at radius 2 is 2.06 bits per heavy atom. The molecule has 0 radical (unpaired) electrons. The minimum absolute atomic E-state index is 0.0635. The fourth-order valence-electron chi connectivity index (χ4n) is 1.30. The third kappa shape index (κ3) is 5.52. The quantitative estimate of drug-likeness (QED) is 0.765. The average Bonchev–Trinajstić information content (AvgIpc) is 2.32. The first kappa shape index (κ1) is 13.7. The molecule has 1 rings (SSSR count). The van der Waals surface area contributed by atoms with Gasteiger partial charge in [-0.2, -0.15) is 0 Å². The third-order valence-corrected chi connectivity index (χ3v) is 2.35. The molecule has 0 aliphatic carbocycles. The van der Waals surface area contributed by atoms with Gasteiger partial charge in [-0.25, -0.2) is 0 Å². The van der Waals surface area contributed by atoms with E-state index >= 15 is 0 Å². The van der Waals surface area contributed by atoms with Gasteiger partial charge in [0.1, 0.15) is 0 Å². The van der Waals surface area contributed by atoms with Crippen LogP contribution in [0.3, 0.4) is 0 Å². The molecule has 1 amide bonds. The topological polar surface area (TPSA) is 55.1 Å². The Labute approximate surface area is 107 Å². The van der Waals surface area contributed by atoms with Crippen molar-refractivity contribution in [2.24, 2.45) is 5.73 Å². The summed E-state index contributed by atoms with van der Waals surface area (Å²) in [5.74, 6) is 0.276. The third-order valence-electron chi connectivity index (χ3n) is 2.16. The Morgan fingerprint density at radius 1 is 1.35 bits per heavy atom. The van der Waals surface area contributed by atoms with Crippen LogP contribution in [0, 0.1) is 0 Å². The largest absolute Gasteiger partial charge is 0.330 e. The summed E-state index contributed by atoms with van der Waals surface area (Å²) < 4.78 is 0. The lowest BCUT2D eigenvalue weighted by molar-refractivity contribution is -0.115. The molecule has 0 fully saturated rings. The number of nitrogens with one attached hydrogen (secondary N) is 1. The number of hydrogen-bond donors (Lipinski definition) is 2. The number of hydrogen-bond acceptors (Lipinski definition) is 2. The Hall–Kier alpha value is -1.32. The SMILES string of the molecule is NCCC=Cc1ccc(NC(=O)CCCl)cc1. The number of amides is 1. The molecule has 92 valence electrons. The van der Waals surface area contributed by atoms with E-state index in [0.29, 0.717) is 18.8 Å². The molecule has 1 aromatic rings. The van der Waals surface area contributed by atoms with E-state index in [4.69, 9.17) is 17.3 Å². The first-order valence-electron chi connectivity index (χ1n) is 5.58. The van der Waals surface area contributed by atoms with Crippen molar-refractivity contribution in [3.63, 3.8) is 0 Å². The zero-order valence-corrected chi connectivity index (χ0v) is 10.4. The van der Waals surface area contributed by atoms with E-state index < -0.39 is 0 Å². The second-order valence-electron chi connectivity index (χ2n) is 3.59. The van der Waals surface area contributed by atoms with E-state index in [9.17, 15) is 4.79 Å². The lowest BCUT2D eigenvalue weighted by atomic mass is 10.2. The lowest BCUT2D eigenvalue weighted by Gasteiger charge is -2.03. The van der Waals surface area contributed by atoms with Gasteiger partial charge in [-0.05, 0) is 30.7 Å². The van der Waals surface area contributed by atoms with Gasteiger partial charge >= 0.3 is 0 Å². The van der Waals surface area contributed by atoms with Crippen molar-refractivity contribution in [1.82, 2.24) is 0 Å². The van der Waals surface area contributed by atoms with Crippen LogP contribution >= 0.6 is 11.6 Å². The summed E-state index contributed by atoms with van der Waals surface area (Å²) in [4.78, 5) is 11.3. The molecule has 0 heterocycles. The van der Waals surface area contributed by atoms with Gasteiger partial charge < -0.3 is 11.1 Å². The molecule has 0 spiro atoms. The van der Waals surface area contributed by atoms with Crippen LogP contribution in [0.25, 0.3) is 6.08 Å². The molecule has 3 nitrogen and oxygen atoms in total. The summed E-state index contributed by atoms with van der Waals surface area (Å²) in [6, 6.07) is 7.63. The van der Waals surface area contributed by atoms with Crippen LogP contribution in [0.2, 0.25) is 0 Å². The van der Waals surface area contributed by atoms with Crippen molar-refractivity contribution in [2.45, 2.75) is 12.8 Å². The van der Waals surface area contributed by atoms with Crippen LogP contribution in [0.4, 0.5) is 5.69 Å². The van der Waals surface area contributed by atoms with E-state index in [1.807, 2.05) is 36.4 Å². The van der Waals surface area contributed by atoms with Crippen molar-refractivity contribution in [3.8, 4) is 0 Å². The molecule has 0 atom stereocenters. The fourth-order valence-corrected chi connectivity index (χ4v) is 1.47. The highest BCUT2D eigenvalue weighted by molar-refractivity contribution is 6.19. The van der Waals surface area contributed by atoms with Gasteiger partial charge in [0.2, 0.25) is 5.91 Å². The van der Waals surface area contributed by atoms with Crippen LogP contribution in [-0.2, 0) is 4.79 Å². The first-order chi connectivity index (χ1) is 8.26. The highest BCUT2D eigenvalue weighted by atomic mass is 35.5. The average molecular weight is 253 g/mol. The summed E-state index contributed by atoms with van der Waals surface area (Å²) >= 11 is 5.48.